The minimum atomic E-state index is -0.553. The van der Waals surface area contributed by atoms with E-state index in [1.54, 1.807) is 4.68 Å². The Morgan fingerprint density at radius 2 is 1.80 bits per heavy atom. The fraction of sp³-hybridized carbons (Fsp3) is 0.400. The molecule has 2 N–H and O–H groups in total. The fourth-order valence-electron chi connectivity index (χ4n) is 4.18. The van der Waals surface area contributed by atoms with Gasteiger partial charge in [-0.1, -0.05) is 18.2 Å². The van der Waals surface area contributed by atoms with Gasteiger partial charge in [-0.3, -0.25) is 5.32 Å². The molecule has 0 spiro atoms. The Bertz CT molecular complexity index is 1180. The monoisotopic (exact) mass is 477 g/mol. The number of benzene rings is 2. The van der Waals surface area contributed by atoms with Crippen molar-refractivity contribution in [2.75, 3.05) is 23.7 Å². The first-order chi connectivity index (χ1) is 16.7. The van der Waals surface area contributed by atoms with Gasteiger partial charge >= 0.3 is 12.1 Å². The molecular formula is C25H31N7O3. The maximum Gasteiger partial charge on any atom is 0.412 e. The van der Waals surface area contributed by atoms with Crippen LogP contribution in [0.4, 0.5) is 21.0 Å². The molecule has 0 aliphatic carbocycles. The van der Waals surface area contributed by atoms with Gasteiger partial charge in [-0.15, -0.1) is 5.10 Å². The number of aromatic nitrogens is 4. The summed E-state index contributed by atoms with van der Waals surface area (Å²) in [4.78, 5) is 26.9. The summed E-state index contributed by atoms with van der Waals surface area (Å²) in [6.07, 6.45) is 2.73. The molecule has 35 heavy (non-hydrogen) atoms. The number of anilines is 2. The number of carbonyl (C=O) groups excluding carboxylic acids is 2. The average Bonchev–Trinajstić information content (AvgIpc) is 3.34. The lowest BCUT2D eigenvalue weighted by Gasteiger charge is -2.32. The highest BCUT2D eigenvalue weighted by molar-refractivity contribution is 5.91. The van der Waals surface area contributed by atoms with Crippen molar-refractivity contribution in [2.24, 2.45) is 0 Å². The number of nitrogens with zero attached hydrogens (tertiary/aromatic N) is 5. The van der Waals surface area contributed by atoms with Gasteiger partial charge in [0.1, 0.15) is 11.9 Å². The van der Waals surface area contributed by atoms with Gasteiger partial charge in [-0.05, 0) is 92.3 Å². The third kappa shape index (κ3) is 6.14. The lowest BCUT2D eigenvalue weighted by Crippen LogP contribution is -2.40. The van der Waals surface area contributed by atoms with Crippen LogP contribution in [-0.2, 0) is 4.74 Å². The lowest BCUT2D eigenvalue weighted by atomic mass is 9.89. The summed E-state index contributed by atoms with van der Waals surface area (Å²) in [5, 5.41) is 17.1. The Morgan fingerprint density at radius 1 is 1.06 bits per heavy atom. The van der Waals surface area contributed by atoms with Crippen LogP contribution in [0, 0.1) is 6.92 Å². The molecule has 3 amide bonds. The summed E-state index contributed by atoms with van der Waals surface area (Å²) in [5.41, 5.74) is 3.72. The molecule has 0 bridgehead atoms. The second kappa shape index (κ2) is 10.1. The van der Waals surface area contributed by atoms with E-state index in [1.807, 2.05) is 69.0 Å². The summed E-state index contributed by atoms with van der Waals surface area (Å²) in [7, 11) is 0. The Kier molecular flexibility index (Phi) is 6.99. The lowest BCUT2D eigenvalue weighted by molar-refractivity contribution is 0.0636. The van der Waals surface area contributed by atoms with Gasteiger partial charge in [0.25, 0.3) is 0 Å². The van der Waals surface area contributed by atoms with Gasteiger partial charge in [0, 0.05) is 24.5 Å². The number of tetrazole rings is 1. The number of amides is 3. The molecule has 184 valence electrons. The van der Waals surface area contributed by atoms with E-state index in [1.165, 1.54) is 6.33 Å². The highest BCUT2D eigenvalue weighted by Crippen LogP contribution is 2.30. The molecule has 2 heterocycles. The fourth-order valence-corrected chi connectivity index (χ4v) is 4.18. The van der Waals surface area contributed by atoms with Crippen LogP contribution in [0.15, 0.2) is 48.8 Å². The molecule has 4 rings (SSSR count). The highest BCUT2D eigenvalue weighted by atomic mass is 16.6. The minimum absolute atomic E-state index is 0.124. The van der Waals surface area contributed by atoms with Crippen LogP contribution in [0.25, 0.3) is 5.69 Å². The molecule has 1 aromatic heterocycles. The van der Waals surface area contributed by atoms with Gasteiger partial charge in [-0.2, -0.15) is 0 Å². The van der Waals surface area contributed by atoms with E-state index in [2.05, 4.69) is 32.2 Å². The molecular weight excluding hydrogens is 446 g/mol. The zero-order chi connectivity index (χ0) is 25.0. The van der Waals surface area contributed by atoms with E-state index in [0.29, 0.717) is 24.7 Å². The standard InChI is InChI=1S/C25H31N7O3/c1-17-21(9-6-10-22(17)32-16-26-29-30-32)28-23(33)31-13-11-18(12-14-31)19-7-5-8-20(15-19)27-24(34)35-25(2,3)4/h5-10,15-16,18H,11-14H2,1-4H3,(H,27,34)(H,28,33). The van der Waals surface area contributed by atoms with Crippen molar-refractivity contribution in [3.8, 4) is 5.69 Å². The molecule has 0 radical (unpaired) electrons. The molecule has 1 aliphatic heterocycles. The topological polar surface area (TPSA) is 114 Å². The van der Waals surface area contributed by atoms with Crippen LogP contribution in [0.5, 0.6) is 0 Å². The predicted octanol–water partition coefficient (Wildman–Crippen LogP) is 4.73. The third-order valence-corrected chi connectivity index (χ3v) is 5.93. The van der Waals surface area contributed by atoms with E-state index in [0.717, 1.165) is 35.3 Å². The Morgan fingerprint density at radius 3 is 2.49 bits per heavy atom. The van der Waals surface area contributed by atoms with Gasteiger partial charge in [-0.25, -0.2) is 14.3 Å². The van der Waals surface area contributed by atoms with Crippen LogP contribution >= 0.6 is 0 Å². The number of ether oxygens (including phenoxy) is 1. The minimum Gasteiger partial charge on any atom is -0.444 e. The quantitative estimate of drug-likeness (QED) is 0.562. The normalized spacial score (nSPS) is 14.5. The number of urea groups is 1. The van der Waals surface area contributed by atoms with Gasteiger partial charge in [0.2, 0.25) is 0 Å². The molecule has 0 unspecified atom stereocenters. The second-order valence-electron chi connectivity index (χ2n) is 9.65. The number of nitrogens with one attached hydrogen (secondary N) is 2. The number of rotatable bonds is 4. The highest BCUT2D eigenvalue weighted by Gasteiger charge is 2.25. The molecule has 1 fully saturated rings. The second-order valence-corrected chi connectivity index (χ2v) is 9.65. The van der Waals surface area contributed by atoms with Crippen LogP contribution in [0.2, 0.25) is 0 Å². The zero-order valence-corrected chi connectivity index (χ0v) is 20.5. The van der Waals surface area contributed by atoms with Crippen LogP contribution < -0.4 is 10.6 Å². The summed E-state index contributed by atoms with van der Waals surface area (Å²) < 4.78 is 6.91. The smallest absolute Gasteiger partial charge is 0.412 e. The first kappa shape index (κ1) is 24.2. The summed E-state index contributed by atoms with van der Waals surface area (Å²) in [5.74, 6) is 0.310. The van der Waals surface area contributed by atoms with Crippen LogP contribution in [-0.4, -0.2) is 55.9 Å². The third-order valence-electron chi connectivity index (χ3n) is 5.93. The number of hydrogen-bond acceptors (Lipinski definition) is 6. The van der Waals surface area contributed by atoms with Crippen molar-refractivity contribution in [3.63, 3.8) is 0 Å². The van der Waals surface area contributed by atoms with E-state index in [-0.39, 0.29) is 6.03 Å². The van der Waals surface area contributed by atoms with Gasteiger partial charge in [0.05, 0.1) is 5.69 Å². The van der Waals surface area contributed by atoms with E-state index in [4.69, 9.17) is 4.74 Å². The molecule has 10 heteroatoms. The van der Waals surface area contributed by atoms with Crippen molar-refractivity contribution in [1.29, 1.82) is 0 Å². The van der Waals surface area contributed by atoms with Crippen LogP contribution in [0.1, 0.15) is 50.7 Å². The van der Waals surface area contributed by atoms with E-state index >= 15 is 0 Å². The summed E-state index contributed by atoms with van der Waals surface area (Å²) in [6, 6.07) is 13.3. The molecule has 1 aliphatic rings. The summed E-state index contributed by atoms with van der Waals surface area (Å²) >= 11 is 0. The summed E-state index contributed by atoms with van der Waals surface area (Å²) in [6.45, 7) is 8.72. The molecule has 0 saturated carbocycles. The predicted molar refractivity (Wildman–Crippen MR) is 133 cm³/mol. The molecule has 2 aromatic carbocycles. The van der Waals surface area contributed by atoms with Gasteiger partial charge in [0.15, 0.2) is 0 Å². The van der Waals surface area contributed by atoms with Crippen molar-refractivity contribution in [3.05, 3.63) is 59.9 Å². The number of piperidine rings is 1. The van der Waals surface area contributed by atoms with Crippen molar-refractivity contribution in [1.82, 2.24) is 25.1 Å². The number of likely N-dealkylation sites (tertiary alicyclic amines) is 1. The van der Waals surface area contributed by atoms with Crippen molar-refractivity contribution >= 4 is 23.5 Å². The Balaban J connectivity index is 1.34. The molecule has 0 atom stereocenters. The number of carbonyl (C=O) groups is 2. The molecule has 1 saturated heterocycles. The molecule has 3 aromatic rings. The van der Waals surface area contributed by atoms with E-state index < -0.39 is 11.7 Å². The number of hydrogen-bond donors (Lipinski definition) is 2. The zero-order valence-electron chi connectivity index (χ0n) is 20.5. The largest absolute Gasteiger partial charge is 0.444 e. The van der Waals surface area contributed by atoms with E-state index in [9.17, 15) is 9.59 Å². The Hall–Kier alpha value is -3.95. The first-order valence-corrected chi connectivity index (χ1v) is 11.7. The van der Waals surface area contributed by atoms with Crippen molar-refractivity contribution < 1.29 is 14.3 Å². The van der Waals surface area contributed by atoms with Crippen LogP contribution in [0.3, 0.4) is 0 Å². The SMILES string of the molecule is Cc1c(NC(=O)N2CCC(c3cccc(NC(=O)OC(C)(C)C)c3)CC2)cccc1-n1cnnn1. The maximum atomic E-state index is 13.0. The average molecular weight is 478 g/mol. The molecule has 10 nitrogen and oxygen atoms in total. The first-order valence-electron chi connectivity index (χ1n) is 11.7. The Labute approximate surface area is 204 Å². The van der Waals surface area contributed by atoms with Crippen molar-refractivity contribution in [2.45, 2.75) is 52.1 Å². The van der Waals surface area contributed by atoms with Gasteiger partial charge < -0.3 is 15.0 Å². The maximum absolute atomic E-state index is 13.0.